The molecule has 0 saturated carbocycles. The molecule has 0 aliphatic heterocycles. The summed E-state index contributed by atoms with van der Waals surface area (Å²) in [5.74, 6) is 0.344. The average Bonchev–Trinajstić information content (AvgIpc) is 3.23. The van der Waals surface area contributed by atoms with Crippen molar-refractivity contribution in [3.63, 3.8) is 0 Å². The van der Waals surface area contributed by atoms with E-state index < -0.39 is 0 Å². The number of hydrogen-bond donors (Lipinski definition) is 0. The van der Waals surface area contributed by atoms with E-state index in [2.05, 4.69) is 15.2 Å². The summed E-state index contributed by atoms with van der Waals surface area (Å²) in [5, 5.41) is 8.33. The van der Waals surface area contributed by atoms with Crippen LogP contribution in [0.4, 0.5) is 4.39 Å². The number of benzene rings is 1. The molecule has 0 saturated heterocycles. The van der Waals surface area contributed by atoms with Gasteiger partial charge in [0.2, 0.25) is 0 Å². The highest BCUT2D eigenvalue weighted by Crippen LogP contribution is 2.26. The van der Waals surface area contributed by atoms with Crippen LogP contribution in [0.15, 0.2) is 55.0 Å². The Kier molecular flexibility index (Phi) is 5.52. The summed E-state index contributed by atoms with van der Waals surface area (Å²) in [6.07, 6.45) is 4.81. The van der Waals surface area contributed by atoms with Crippen molar-refractivity contribution >= 4 is 11.4 Å². The molecule has 6 nitrogen and oxygen atoms in total. The molecular formula is C23H21FN4O2. The normalized spacial score (nSPS) is 11.0. The molecule has 4 aromatic rings. The van der Waals surface area contributed by atoms with E-state index in [1.165, 1.54) is 6.07 Å². The quantitative estimate of drug-likeness (QED) is 0.468. The van der Waals surface area contributed by atoms with E-state index in [1.54, 1.807) is 38.7 Å². The first-order valence-corrected chi connectivity index (χ1v) is 9.64. The number of nitrogens with zero attached hydrogens (tertiary/aromatic N) is 4. The van der Waals surface area contributed by atoms with Gasteiger partial charge in [0.1, 0.15) is 23.7 Å². The smallest absolute Gasteiger partial charge is 0.168 e. The topological polar surface area (TPSA) is 69.4 Å². The average molecular weight is 404 g/mol. The number of methoxy groups -OCH3 is 1. The Labute approximate surface area is 173 Å². The summed E-state index contributed by atoms with van der Waals surface area (Å²) in [6, 6.07) is 12.6. The van der Waals surface area contributed by atoms with Gasteiger partial charge in [-0.15, -0.1) is 10.2 Å². The number of pyridine rings is 2. The van der Waals surface area contributed by atoms with Gasteiger partial charge in [-0.05, 0) is 50.1 Å². The van der Waals surface area contributed by atoms with Gasteiger partial charge < -0.3 is 4.74 Å². The van der Waals surface area contributed by atoms with Crippen LogP contribution in [-0.2, 0) is 24.1 Å². The van der Waals surface area contributed by atoms with E-state index in [-0.39, 0.29) is 11.6 Å². The van der Waals surface area contributed by atoms with Crippen LogP contribution in [0.1, 0.15) is 23.9 Å². The number of carbonyl (C=O) groups excluding carboxylic acids is 1. The number of carbonyl (C=O) groups is 1. The number of rotatable bonds is 7. The van der Waals surface area contributed by atoms with Crippen molar-refractivity contribution in [1.29, 1.82) is 0 Å². The monoisotopic (exact) mass is 404 g/mol. The van der Waals surface area contributed by atoms with Crippen LogP contribution < -0.4 is 4.74 Å². The summed E-state index contributed by atoms with van der Waals surface area (Å²) >= 11 is 0. The zero-order chi connectivity index (χ0) is 21.1. The molecule has 0 aliphatic carbocycles. The van der Waals surface area contributed by atoms with Crippen molar-refractivity contribution in [1.82, 2.24) is 19.6 Å². The number of fused-ring (bicyclic) bond motifs is 1. The number of aryl methyl sites for hydroxylation is 1. The Morgan fingerprint density at radius 2 is 2.00 bits per heavy atom. The molecule has 3 heterocycles. The molecule has 7 heteroatoms. The Balaban J connectivity index is 1.63. The Morgan fingerprint density at radius 3 is 2.73 bits per heavy atom. The van der Waals surface area contributed by atoms with E-state index in [0.29, 0.717) is 36.2 Å². The molecular weight excluding hydrogens is 383 g/mol. The lowest BCUT2D eigenvalue weighted by Gasteiger charge is -2.12. The molecule has 0 unspecified atom stereocenters. The lowest BCUT2D eigenvalue weighted by atomic mass is 10.0. The molecule has 0 aliphatic rings. The fraction of sp³-hybridized carbons (Fsp3) is 0.217. The Bertz CT molecular complexity index is 1200. The largest absolute Gasteiger partial charge is 0.496 e. The van der Waals surface area contributed by atoms with Crippen molar-refractivity contribution in [2.75, 3.05) is 7.11 Å². The van der Waals surface area contributed by atoms with Crippen LogP contribution in [0, 0.1) is 5.82 Å². The molecule has 0 spiro atoms. The molecule has 4 rings (SSSR count). The van der Waals surface area contributed by atoms with Gasteiger partial charge in [-0.1, -0.05) is 12.1 Å². The standard InChI is InChI=1S/C23H21FN4O2/c1-15(29)12-17-7-6-16(13-25-17)19-10-8-18(28-14-26-27-23(19)28)9-11-20-21(24)4-3-5-22(20)30-2/h3-8,10,13-14H,9,11-12H2,1-2H3. The maximum absolute atomic E-state index is 14.3. The molecule has 0 atom stereocenters. The Hall–Kier alpha value is -3.61. The van der Waals surface area contributed by atoms with Crippen molar-refractivity contribution in [3.8, 4) is 16.9 Å². The highest BCUT2D eigenvalue weighted by Gasteiger charge is 2.13. The number of hydrogen-bond acceptors (Lipinski definition) is 5. The first kappa shape index (κ1) is 19.7. The van der Waals surface area contributed by atoms with Gasteiger partial charge in [0.15, 0.2) is 5.65 Å². The van der Waals surface area contributed by atoms with E-state index >= 15 is 0 Å². The molecule has 0 radical (unpaired) electrons. The molecule has 0 fully saturated rings. The predicted molar refractivity (Wildman–Crippen MR) is 111 cm³/mol. The fourth-order valence-corrected chi connectivity index (χ4v) is 3.56. The molecule has 0 bridgehead atoms. The van der Waals surface area contributed by atoms with Crippen molar-refractivity contribution in [2.24, 2.45) is 0 Å². The van der Waals surface area contributed by atoms with Gasteiger partial charge in [0.25, 0.3) is 0 Å². The molecule has 152 valence electrons. The van der Waals surface area contributed by atoms with Crippen LogP contribution in [-0.4, -0.2) is 32.5 Å². The van der Waals surface area contributed by atoms with E-state index in [4.69, 9.17) is 4.74 Å². The van der Waals surface area contributed by atoms with Crippen LogP contribution in [0.2, 0.25) is 0 Å². The lowest BCUT2D eigenvalue weighted by Crippen LogP contribution is -2.03. The van der Waals surface area contributed by atoms with Crippen molar-refractivity contribution < 1.29 is 13.9 Å². The number of ketones is 1. The van der Waals surface area contributed by atoms with E-state index in [0.717, 1.165) is 22.5 Å². The second kappa shape index (κ2) is 8.41. The summed E-state index contributed by atoms with van der Waals surface area (Å²) in [5.41, 5.74) is 4.73. The first-order valence-electron chi connectivity index (χ1n) is 9.64. The van der Waals surface area contributed by atoms with Crippen molar-refractivity contribution in [2.45, 2.75) is 26.2 Å². The molecule has 0 amide bonds. The van der Waals surface area contributed by atoms with Gasteiger partial charge in [-0.2, -0.15) is 0 Å². The second-order valence-electron chi connectivity index (χ2n) is 7.10. The van der Waals surface area contributed by atoms with Gasteiger partial charge in [-0.3, -0.25) is 14.2 Å². The minimum atomic E-state index is -0.275. The summed E-state index contributed by atoms with van der Waals surface area (Å²) in [6.45, 7) is 1.55. The third-order valence-corrected chi connectivity index (χ3v) is 5.03. The summed E-state index contributed by atoms with van der Waals surface area (Å²) < 4.78 is 21.5. The second-order valence-corrected chi connectivity index (χ2v) is 7.10. The highest BCUT2D eigenvalue weighted by molar-refractivity contribution is 5.79. The van der Waals surface area contributed by atoms with Crippen LogP contribution in [0.3, 0.4) is 0 Å². The molecule has 3 aromatic heterocycles. The third kappa shape index (κ3) is 3.91. The van der Waals surface area contributed by atoms with Gasteiger partial charge in [0, 0.05) is 40.7 Å². The molecule has 30 heavy (non-hydrogen) atoms. The summed E-state index contributed by atoms with van der Waals surface area (Å²) in [7, 11) is 1.54. The van der Waals surface area contributed by atoms with E-state index in [1.807, 2.05) is 28.7 Å². The number of aromatic nitrogens is 4. The highest BCUT2D eigenvalue weighted by atomic mass is 19.1. The number of ether oxygens (including phenoxy) is 1. The Morgan fingerprint density at radius 1 is 1.13 bits per heavy atom. The SMILES string of the molecule is COc1cccc(F)c1CCc1ccc(-c2ccc(CC(C)=O)nc2)c2nncn12. The molecule has 0 N–H and O–H groups in total. The third-order valence-electron chi connectivity index (χ3n) is 5.03. The minimum Gasteiger partial charge on any atom is -0.496 e. The summed E-state index contributed by atoms with van der Waals surface area (Å²) in [4.78, 5) is 15.7. The zero-order valence-electron chi connectivity index (χ0n) is 16.8. The number of halogens is 1. The van der Waals surface area contributed by atoms with Gasteiger partial charge >= 0.3 is 0 Å². The number of Topliss-reactive ketones (excluding diaryl/α,β-unsaturated/α-hetero) is 1. The van der Waals surface area contributed by atoms with Gasteiger partial charge in [-0.25, -0.2) is 4.39 Å². The molecule has 1 aromatic carbocycles. The zero-order valence-corrected chi connectivity index (χ0v) is 16.8. The maximum Gasteiger partial charge on any atom is 0.168 e. The predicted octanol–water partition coefficient (Wildman–Crippen LogP) is 3.86. The van der Waals surface area contributed by atoms with Gasteiger partial charge in [0.05, 0.1) is 7.11 Å². The lowest BCUT2D eigenvalue weighted by molar-refractivity contribution is -0.116. The van der Waals surface area contributed by atoms with Crippen molar-refractivity contribution in [3.05, 3.63) is 77.8 Å². The first-order chi connectivity index (χ1) is 14.6. The van der Waals surface area contributed by atoms with Crippen LogP contribution in [0.5, 0.6) is 5.75 Å². The van der Waals surface area contributed by atoms with Crippen LogP contribution in [0.25, 0.3) is 16.8 Å². The minimum absolute atomic E-state index is 0.0749. The maximum atomic E-state index is 14.3. The van der Waals surface area contributed by atoms with E-state index in [9.17, 15) is 9.18 Å². The van der Waals surface area contributed by atoms with Crippen LogP contribution >= 0.6 is 0 Å². The fourth-order valence-electron chi connectivity index (χ4n) is 3.56.